The molecule has 0 aromatic heterocycles. The average molecular weight is 395 g/mol. The van der Waals surface area contributed by atoms with Crippen LogP contribution in [0.15, 0.2) is 55.1 Å². The van der Waals surface area contributed by atoms with Crippen LogP contribution in [0.25, 0.3) is 0 Å². The summed E-state index contributed by atoms with van der Waals surface area (Å²) in [4.78, 5) is 2.34. The van der Waals surface area contributed by atoms with Gasteiger partial charge in [0.05, 0.1) is 0 Å². The molecule has 1 N–H and O–H groups in total. The smallest absolute Gasteiger partial charge is 0.161 e. The van der Waals surface area contributed by atoms with Crippen molar-refractivity contribution in [2.24, 2.45) is 0 Å². The van der Waals surface area contributed by atoms with E-state index >= 15 is 0 Å². The molecule has 0 aliphatic carbocycles. The standard InChI is InChI=1S/C24H29NO4/c1-2-6-18-7-3-4-9-22(18)29-17-20(26)16-25-12-5-8-21(25)19-10-11-23-24(15-19)28-14-13-27-23/h2-4,7,9-11,15,20-21,26H,1,5-6,8,12-14,16-17H2/t20-,21+/m1/s1. The van der Waals surface area contributed by atoms with Gasteiger partial charge in [0.2, 0.25) is 0 Å². The summed E-state index contributed by atoms with van der Waals surface area (Å²) in [5.74, 6) is 2.45. The summed E-state index contributed by atoms with van der Waals surface area (Å²) in [6, 6.07) is 14.4. The van der Waals surface area contributed by atoms with Crippen molar-refractivity contribution in [2.75, 3.05) is 32.9 Å². The molecule has 154 valence electrons. The number of para-hydroxylation sites is 1. The Labute approximate surface area is 172 Å². The van der Waals surface area contributed by atoms with Gasteiger partial charge in [-0.15, -0.1) is 6.58 Å². The molecule has 0 amide bonds. The molecule has 29 heavy (non-hydrogen) atoms. The number of hydrogen-bond acceptors (Lipinski definition) is 5. The lowest BCUT2D eigenvalue weighted by Gasteiger charge is -2.28. The number of ether oxygens (including phenoxy) is 3. The molecule has 0 radical (unpaired) electrons. The number of fused-ring (bicyclic) bond motifs is 1. The maximum Gasteiger partial charge on any atom is 0.161 e. The highest BCUT2D eigenvalue weighted by atomic mass is 16.6. The van der Waals surface area contributed by atoms with Gasteiger partial charge in [0.15, 0.2) is 11.5 Å². The average Bonchev–Trinajstić information content (AvgIpc) is 3.21. The molecule has 1 fully saturated rings. The molecule has 0 saturated carbocycles. The predicted molar refractivity (Wildman–Crippen MR) is 113 cm³/mol. The van der Waals surface area contributed by atoms with Crippen LogP contribution in [-0.2, 0) is 6.42 Å². The van der Waals surface area contributed by atoms with Crippen LogP contribution in [0.2, 0.25) is 0 Å². The molecule has 2 aromatic carbocycles. The molecule has 1 saturated heterocycles. The lowest BCUT2D eigenvalue weighted by molar-refractivity contribution is 0.0635. The maximum absolute atomic E-state index is 10.6. The molecule has 2 aliphatic heterocycles. The summed E-state index contributed by atoms with van der Waals surface area (Å²) in [5, 5.41) is 10.6. The van der Waals surface area contributed by atoms with Crippen LogP contribution in [0.3, 0.4) is 0 Å². The van der Waals surface area contributed by atoms with Crippen LogP contribution in [0.5, 0.6) is 17.2 Å². The Balaban J connectivity index is 1.36. The van der Waals surface area contributed by atoms with E-state index in [0.717, 1.165) is 48.6 Å². The minimum Gasteiger partial charge on any atom is -0.491 e. The van der Waals surface area contributed by atoms with Crippen molar-refractivity contribution >= 4 is 0 Å². The molecule has 2 aliphatic rings. The second-order valence-electron chi connectivity index (χ2n) is 7.62. The third kappa shape index (κ3) is 4.74. The third-order valence-corrected chi connectivity index (χ3v) is 5.53. The first-order chi connectivity index (χ1) is 14.2. The minimum atomic E-state index is -0.551. The lowest BCUT2D eigenvalue weighted by atomic mass is 10.0. The normalized spacial score (nSPS) is 19.7. The Morgan fingerprint density at radius 3 is 2.86 bits per heavy atom. The second kappa shape index (κ2) is 9.33. The van der Waals surface area contributed by atoms with E-state index in [0.29, 0.717) is 19.8 Å². The van der Waals surface area contributed by atoms with Gasteiger partial charge in [-0.1, -0.05) is 30.3 Å². The van der Waals surface area contributed by atoms with Crippen LogP contribution in [0, 0.1) is 0 Å². The highest BCUT2D eigenvalue weighted by Crippen LogP contribution is 2.38. The Morgan fingerprint density at radius 1 is 1.17 bits per heavy atom. The Morgan fingerprint density at radius 2 is 2.00 bits per heavy atom. The Kier molecular flexibility index (Phi) is 6.37. The molecule has 2 heterocycles. The summed E-state index contributed by atoms with van der Waals surface area (Å²) in [6.07, 6.45) is 4.26. The van der Waals surface area contributed by atoms with Gasteiger partial charge in [-0.3, -0.25) is 4.90 Å². The van der Waals surface area contributed by atoms with Crippen LogP contribution in [-0.4, -0.2) is 49.0 Å². The van der Waals surface area contributed by atoms with Crippen molar-refractivity contribution in [3.05, 3.63) is 66.2 Å². The number of allylic oxidation sites excluding steroid dienone is 1. The molecular formula is C24H29NO4. The van der Waals surface area contributed by atoms with Gasteiger partial charge in [-0.25, -0.2) is 0 Å². The first-order valence-corrected chi connectivity index (χ1v) is 10.4. The van der Waals surface area contributed by atoms with Gasteiger partial charge in [0, 0.05) is 12.6 Å². The molecule has 2 atom stereocenters. The van der Waals surface area contributed by atoms with E-state index in [1.54, 1.807) is 0 Å². The van der Waals surface area contributed by atoms with Gasteiger partial charge in [0.1, 0.15) is 31.7 Å². The fourth-order valence-corrected chi connectivity index (χ4v) is 4.17. The monoisotopic (exact) mass is 395 g/mol. The van der Waals surface area contributed by atoms with E-state index in [1.807, 2.05) is 36.4 Å². The van der Waals surface area contributed by atoms with E-state index in [4.69, 9.17) is 14.2 Å². The summed E-state index contributed by atoms with van der Waals surface area (Å²) in [6.45, 7) is 6.83. The number of benzene rings is 2. The molecule has 4 rings (SSSR count). The zero-order valence-electron chi connectivity index (χ0n) is 16.8. The van der Waals surface area contributed by atoms with E-state index < -0.39 is 6.10 Å². The van der Waals surface area contributed by atoms with Crippen LogP contribution < -0.4 is 14.2 Å². The predicted octanol–water partition coefficient (Wildman–Crippen LogP) is 3.76. The molecule has 2 aromatic rings. The largest absolute Gasteiger partial charge is 0.491 e. The second-order valence-corrected chi connectivity index (χ2v) is 7.62. The molecule has 0 bridgehead atoms. The number of nitrogens with zero attached hydrogens (tertiary/aromatic N) is 1. The van der Waals surface area contributed by atoms with Gasteiger partial charge >= 0.3 is 0 Å². The van der Waals surface area contributed by atoms with Crippen molar-refractivity contribution in [1.82, 2.24) is 4.90 Å². The lowest BCUT2D eigenvalue weighted by Crippen LogP contribution is -2.35. The topological polar surface area (TPSA) is 51.2 Å². The number of aliphatic hydroxyl groups excluding tert-OH is 1. The first-order valence-electron chi connectivity index (χ1n) is 10.4. The van der Waals surface area contributed by atoms with Crippen molar-refractivity contribution in [3.63, 3.8) is 0 Å². The minimum absolute atomic E-state index is 0.276. The first kappa shape index (κ1) is 19.8. The van der Waals surface area contributed by atoms with Crippen LogP contribution in [0.1, 0.15) is 30.0 Å². The van der Waals surface area contributed by atoms with Gasteiger partial charge < -0.3 is 19.3 Å². The summed E-state index contributed by atoms with van der Waals surface area (Å²) in [5.41, 5.74) is 2.31. The van der Waals surface area contributed by atoms with Crippen LogP contribution >= 0.6 is 0 Å². The van der Waals surface area contributed by atoms with Gasteiger partial charge in [-0.2, -0.15) is 0 Å². The van der Waals surface area contributed by atoms with Crippen molar-refractivity contribution in [1.29, 1.82) is 0 Å². The molecule has 0 spiro atoms. The van der Waals surface area contributed by atoms with Crippen LogP contribution in [0.4, 0.5) is 0 Å². The maximum atomic E-state index is 10.6. The molecule has 5 heteroatoms. The summed E-state index contributed by atoms with van der Waals surface area (Å²) >= 11 is 0. The molecular weight excluding hydrogens is 366 g/mol. The van der Waals surface area contributed by atoms with E-state index in [2.05, 4.69) is 23.6 Å². The highest BCUT2D eigenvalue weighted by molar-refractivity contribution is 5.44. The number of aliphatic hydroxyl groups is 1. The summed E-state index contributed by atoms with van der Waals surface area (Å²) in [7, 11) is 0. The van der Waals surface area contributed by atoms with Crippen molar-refractivity contribution in [2.45, 2.75) is 31.4 Å². The quantitative estimate of drug-likeness (QED) is 0.690. The number of hydrogen-bond donors (Lipinski definition) is 1. The zero-order chi connectivity index (χ0) is 20.1. The highest BCUT2D eigenvalue weighted by Gasteiger charge is 2.29. The zero-order valence-corrected chi connectivity index (χ0v) is 16.8. The van der Waals surface area contributed by atoms with Crippen molar-refractivity contribution in [3.8, 4) is 17.2 Å². The fraction of sp³-hybridized carbons (Fsp3) is 0.417. The molecule has 0 unspecified atom stereocenters. The SMILES string of the molecule is C=CCc1ccccc1OC[C@H](O)CN1CCC[C@H]1c1ccc2c(c1)OCCO2. The number of likely N-dealkylation sites (tertiary alicyclic amines) is 1. The molecule has 5 nitrogen and oxygen atoms in total. The summed E-state index contributed by atoms with van der Waals surface area (Å²) < 4.78 is 17.3. The number of β-amino-alcohol motifs (C(OH)–C–C–N with tert-alkyl or cyclic N) is 1. The van der Waals surface area contributed by atoms with E-state index in [9.17, 15) is 5.11 Å². The van der Waals surface area contributed by atoms with Gasteiger partial charge in [-0.05, 0) is 55.1 Å². The third-order valence-electron chi connectivity index (χ3n) is 5.53. The fourth-order valence-electron chi connectivity index (χ4n) is 4.17. The van der Waals surface area contributed by atoms with E-state index in [-0.39, 0.29) is 12.6 Å². The van der Waals surface area contributed by atoms with E-state index in [1.165, 1.54) is 5.56 Å². The Bertz CT molecular complexity index is 837. The Hall–Kier alpha value is -2.50. The number of rotatable bonds is 8. The van der Waals surface area contributed by atoms with Gasteiger partial charge in [0.25, 0.3) is 0 Å². The van der Waals surface area contributed by atoms with Crippen molar-refractivity contribution < 1.29 is 19.3 Å².